The Morgan fingerprint density at radius 1 is 0.566 bits per heavy atom. The zero-order valence-corrected chi connectivity index (χ0v) is 38.6. The van der Waals surface area contributed by atoms with Gasteiger partial charge in [-0.1, -0.05) is 99.9 Å². The van der Waals surface area contributed by atoms with Crippen LogP contribution in [0, 0.1) is 13.8 Å². The molecule has 0 spiro atoms. The van der Waals surface area contributed by atoms with Gasteiger partial charge in [0, 0.05) is 0 Å². The second-order valence-corrected chi connectivity index (χ2v) is 29.4. The van der Waals surface area contributed by atoms with Crippen LogP contribution in [-0.2, 0) is 20.8 Å². The third kappa shape index (κ3) is 9.71. The number of halogens is 2. The van der Waals surface area contributed by atoms with Gasteiger partial charge >= 0.3 is 37.9 Å². The van der Waals surface area contributed by atoms with Crippen molar-refractivity contribution >= 4 is 45.8 Å². The molecular formula is C46H54Cl2O2Si2Zr. The van der Waals surface area contributed by atoms with E-state index in [1.807, 2.05) is 0 Å². The predicted molar refractivity (Wildman–Crippen MR) is 230 cm³/mol. The van der Waals surface area contributed by atoms with Crippen LogP contribution < -0.4 is 8.85 Å². The fourth-order valence-corrected chi connectivity index (χ4v) is 10.5. The average Bonchev–Trinajstić information content (AvgIpc) is 3.40. The van der Waals surface area contributed by atoms with Gasteiger partial charge in [0.25, 0.3) is 0 Å². The van der Waals surface area contributed by atoms with Crippen molar-refractivity contribution in [2.24, 2.45) is 0 Å². The number of allylic oxidation sites excluding steroid dienone is 6. The van der Waals surface area contributed by atoms with E-state index in [2.05, 4.69) is 162 Å². The summed E-state index contributed by atoms with van der Waals surface area (Å²) in [6.07, 6.45) is 23.4. The van der Waals surface area contributed by atoms with Crippen molar-refractivity contribution in [3.8, 4) is 11.5 Å². The van der Waals surface area contributed by atoms with Gasteiger partial charge in [-0.3, -0.25) is 0 Å². The Balaban J connectivity index is 0.00000155. The van der Waals surface area contributed by atoms with Crippen molar-refractivity contribution in [1.82, 2.24) is 0 Å². The summed E-state index contributed by atoms with van der Waals surface area (Å²) in [5, 5.41) is 0. The molecule has 3 aliphatic rings. The monoisotopic (exact) mass is 854 g/mol. The van der Waals surface area contributed by atoms with Crippen molar-refractivity contribution < 1.29 is 29.7 Å². The fourth-order valence-electron chi connectivity index (χ4n) is 8.79. The van der Waals surface area contributed by atoms with E-state index in [0.29, 0.717) is 11.8 Å². The van der Waals surface area contributed by atoms with Gasteiger partial charge in [-0.25, -0.2) is 0 Å². The Labute approximate surface area is 339 Å². The van der Waals surface area contributed by atoms with Crippen LogP contribution in [0.3, 0.4) is 0 Å². The summed E-state index contributed by atoms with van der Waals surface area (Å²) in [4.78, 5) is 0. The summed E-state index contributed by atoms with van der Waals surface area (Å²) < 4.78 is 12.5. The topological polar surface area (TPSA) is 18.5 Å². The molecule has 1 fully saturated rings. The number of hydrogen-bond acceptors (Lipinski definition) is 2. The van der Waals surface area contributed by atoms with Crippen LogP contribution in [-0.4, -0.2) is 16.6 Å². The van der Waals surface area contributed by atoms with Crippen molar-refractivity contribution in [2.75, 3.05) is 0 Å². The molecule has 7 rings (SSSR count). The van der Waals surface area contributed by atoms with E-state index in [1.54, 1.807) is 11.1 Å². The second kappa shape index (κ2) is 17.2. The van der Waals surface area contributed by atoms with Gasteiger partial charge in [0.2, 0.25) is 16.6 Å². The van der Waals surface area contributed by atoms with Crippen molar-refractivity contribution in [1.29, 1.82) is 0 Å². The van der Waals surface area contributed by atoms with Crippen LogP contribution in [0.2, 0.25) is 39.3 Å². The summed E-state index contributed by atoms with van der Waals surface area (Å²) in [7, 11) is 6.59. The van der Waals surface area contributed by atoms with E-state index in [4.69, 9.17) is 25.9 Å². The van der Waals surface area contributed by atoms with E-state index in [0.717, 1.165) is 11.5 Å². The molecule has 0 radical (unpaired) electrons. The number of hydrogen-bond donors (Lipinski definition) is 0. The van der Waals surface area contributed by atoms with Crippen molar-refractivity contribution in [2.45, 2.75) is 102 Å². The van der Waals surface area contributed by atoms with Gasteiger partial charge in [0.05, 0.1) is 0 Å². The molecule has 7 heteroatoms. The quantitative estimate of drug-likeness (QED) is 0.130. The molecule has 0 heterocycles. The van der Waals surface area contributed by atoms with Gasteiger partial charge in [-0.2, -0.15) is 23.3 Å². The normalized spacial score (nSPS) is 20.7. The molecule has 0 aliphatic heterocycles. The molecule has 1 saturated carbocycles. The summed E-state index contributed by atoms with van der Waals surface area (Å²) in [6, 6.07) is 22.7. The van der Waals surface area contributed by atoms with E-state index in [1.165, 1.54) is 70.2 Å². The summed E-state index contributed by atoms with van der Waals surface area (Å²) in [6.45, 7) is 18.1. The molecule has 3 aliphatic carbocycles. The standard InChI is InChI=1S/C46H54O2Si2.2ClH.Zr/c1-31-29-43-39(33-21-25-37(26-22-33)47-49(3,4)5)13-9-11-15-41(43)45(31)35-17-19-36(20-18-35)46-32(2)30-44-40(14-10-12-16-42(44)46)34-23-27-38(28-24-34)48-50(6,7)8;;;/h9-16,21-30,35-36,39-40H,17-20H2,1-8H3;2*1H;/q-2;;;+4/p-2. The van der Waals surface area contributed by atoms with Gasteiger partial charge in [-0.05, 0) is 86.5 Å². The Morgan fingerprint density at radius 3 is 1.23 bits per heavy atom. The first kappa shape index (κ1) is 40.3. The van der Waals surface area contributed by atoms with E-state index < -0.39 is 37.5 Å². The average molecular weight is 857 g/mol. The fraction of sp³-hybridized carbons (Fsp3) is 0.348. The molecule has 53 heavy (non-hydrogen) atoms. The number of benzene rings is 2. The van der Waals surface area contributed by atoms with E-state index in [-0.39, 0.29) is 11.8 Å². The zero-order valence-electron chi connectivity index (χ0n) is 32.6. The molecule has 0 bridgehead atoms. The van der Waals surface area contributed by atoms with Crippen LogP contribution in [0.15, 0.2) is 97.1 Å². The van der Waals surface area contributed by atoms with Gasteiger partial charge < -0.3 is 8.85 Å². The molecule has 2 unspecified atom stereocenters. The third-order valence-electron chi connectivity index (χ3n) is 10.7. The first-order valence-corrected chi connectivity index (χ1v) is 32.2. The Bertz CT molecular complexity index is 1830. The third-order valence-corrected chi connectivity index (χ3v) is 12.4. The first-order valence-electron chi connectivity index (χ1n) is 19.1. The molecule has 2 nitrogen and oxygen atoms in total. The van der Waals surface area contributed by atoms with Crippen molar-refractivity contribution in [3.63, 3.8) is 0 Å². The van der Waals surface area contributed by atoms with Crippen molar-refractivity contribution in [3.05, 3.63) is 153 Å². The maximum atomic E-state index is 6.26. The van der Waals surface area contributed by atoms with Gasteiger partial charge in [0.1, 0.15) is 11.5 Å². The van der Waals surface area contributed by atoms with Gasteiger partial charge in [0.15, 0.2) is 0 Å². The Kier molecular flexibility index (Phi) is 13.0. The Hall–Kier alpha value is -2.40. The SMILES string of the molecule is Cc1cc2c([c-]1C1CCC([c-]3c(C)cc4c3C=CC=CC4c3ccc(O[Si](C)(C)C)cc3)CC1)C=CC=CC2c1ccc(O[Si](C)(C)C)cc1.[Cl][Zr+2][Cl]. The minimum absolute atomic E-state index is 0.254. The molecule has 0 amide bonds. The van der Waals surface area contributed by atoms with Crippen LogP contribution in [0.25, 0.3) is 12.2 Å². The summed E-state index contributed by atoms with van der Waals surface area (Å²) in [5.74, 6) is 3.68. The van der Waals surface area contributed by atoms with Crippen LogP contribution >= 0.6 is 17.0 Å². The molecule has 2 atom stereocenters. The maximum absolute atomic E-state index is 6.26. The molecule has 4 aromatic carbocycles. The van der Waals surface area contributed by atoms with Crippen LogP contribution in [0.1, 0.15) is 105 Å². The second-order valence-electron chi connectivity index (χ2n) is 16.9. The van der Waals surface area contributed by atoms with Crippen LogP contribution in [0.4, 0.5) is 0 Å². The van der Waals surface area contributed by atoms with Crippen LogP contribution in [0.5, 0.6) is 11.5 Å². The Morgan fingerprint density at radius 2 is 0.906 bits per heavy atom. The molecule has 276 valence electrons. The summed E-state index contributed by atoms with van der Waals surface area (Å²) in [5.41, 5.74) is 14.6. The first-order chi connectivity index (χ1) is 25.3. The summed E-state index contributed by atoms with van der Waals surface area (Å²) >= 11 is -0.826. The molecule has 0 N–H and O–H groups in total. The number of fused-ring (bicyclic) bond motifs is 2. The molecule has 4 aromatic rings. The zero-order chi connectivity index (χ0) is 37.9. The number of rotatable bonds is 8. The van der Waals surface area contributed by atoms with E-state index in [9.17, 15) is 0 Å². The molecule has 0 aromatic heterocycles. The predicted octanol–water partition coefficient (Wildman–Crippen LogP) is 14.4. The van der Waals surface area contributed by atoms with E-state index >= 15 is 0 Å². The molecular weight excluding hydrogens is 803 g/mol. The molecule has 0 saturated heterocycles. The minimum atomic E-state index is -1.64. The number of aryl methyl sites for hydroxylation is 2. The van der Waals surface area contributed by atoms with Gasteiger partial charge in [-0.15, -0.1) is 57.7 Å².